The lowest BCUT2D eigenvalue weighted by molar-refractivity contribution is 0.636. The minimum atomic E-state index is 0.806. The molecule has 0 spiro atoms. The number of hydrogen-bond acceptors (Lipinski definition) is 2. The highest BCUT2D eigenvalue weighted by Gasteiger charge is 2.10. The second-order valence-electron chi connectivity index (χ2n) is 4.80. The predicted molar refractivity (Wildman–Crippen MR) is 78.4 cm³/mol. The molecule has 0 aliphatic rings. The topological polar surface area (TPSA) is 48.8 Å². The molecular formula is C15H18N4. The minimum Gasteiger partial charge on any atom is -0.399 e. The van der Waals surface area contributed by atoms with Gasteiger partial charge in [-0.2, -0.15) is 0 Å². The molecule has 98 valence electrons. The first-order valence-corrected chi connectivity index (χ1v) is 6.66. The highest BCUT2D eigenvalue weighted by molar-refractivity contribution is 5.86. The summed E-state index contributed by atoms with van der Waals surface area (Å²) in [5.74, 6) is 1.14. The molecule has 2 aromatic heterocycles. The van der Waals surface area contributed by atoms with Crippen molar-refractivity contribution in [1.29, 1.82) is 0 Å². The summed E-state index contributed by atoms with van der Waals surface area (Å²) >= 11 is 0. The van der Waals surface area contributed by atoms with E-state index in [2.05, 4.69) is 28.6 Å². The summed E-state index contributed by atoms with van der Waals surface area (Å²) in [5, 5.41) is 1.22. The first kappa shape index (κ1) is 11.8. The van der Waals surface area contributed by atoms with Gasteiger partial charge in [0.25, 0.3) is 0 Å². The molecule has 1 aromatic carbocycles. The molecule has 0 radical (unpaired) electrons. The molecule has 0 fully saturated rings. The van der Waals surface area contributed by atoms with Crippen LogP contribution < -0.4 is 5.73 Å². The number of hydrogen-bond donors (Lipinski definition) is 1. The molecule has 2 N–H and O–H groups in total. The highest BCUT2D eigenvalue weighted by atomic mass is 15.2. The zero-order chi connectivity index (χ0) is 13.2. The maximum absolute atomic E-state index is 5.92. The SMILES string of the molecule is CCCCn1c(-n2ccnc2)cc2ccc(N)cc21. The Bertz CT molecular complexity index is 680. The lowest BCUT2D eigenvalue weighted by Gasteiger charge is -2.10. The van der Waals surface area contributed by atoms with Gasteiger partial charge in [0, 0.05) is 30.0 Å². The van der Waals surface area contributed by atoms with Crippen LogP contribution in [0.15, 0.2) is 43.0 Å². The summed E-state index contributed by atoms with van der Waals surface area (Å²) in [6.07, 6.45) is 7.93. The van der Waals surface area contributed by atoms with Gasteiger partial charge in [0.2, 0.25) is 0 Å². The van der Waals surface area contributed by atoms with E-state index >= 15 is 0 Å². The standard InChI is InChI=1S/C15H18N4/c1-2-3-7-19-14-10-13(16)5-4-12(14)9-15(19)18-8-6-17-11-18/h4-6,8-11H,2-3,7,16H2,1H3. The van der Waals surface area contributed by atoms with Gasteiger partial charge in [-0.25, -0.2) is 4.98 Å². The number of rotatable bonds is 4. The number of nitrogens with two attached hydrogens (primary N) is 1. The van der Waals surface area contributed by atoms with Crippen molar-refractivity contribution in [1.82, 2.24) is 14.1 Å². The molecule has 3 aromatic rings. The molecule has 3 rings (SSSR count). The fourth-order valence-corrected chi connectivity index (χ4v) is 2.42. The summed E-state index contributed by atoms with van der Waals surface area (Å²) in [5.41, 5.74) is 7.91. The van der Waals surface area contributed by atoms with Crippen LogP contribution in [0.2, 0.25) is 0 Å². The number of unbranched alkanes of at least 4 members (excludes halogenated alkanes) is 1. The number of fused-ring (bicyclic) bond motifs is 1. The molecule has 0 unspecified atom stereocenters. The number of aryl methyl sites for hydroxylation is 1. The first-order chi connectivity index (χ1) is 9.29. The Morgan fingerprint density at radius 1 is 1.26 bits per heavy atom. The third kappa shape index (κ3) is 2.10. The van der Waals surface area contributed by atoms with Gasteiger partial charge in [0.05, 0.1) is 5.52 Å². The van der Waals surface area contributed by atoms with Gasteiger partial charge in [-0.1, -0.05) is 19.4 Å². The van der Waals surface area contributed by atoms with Crippen molar-refractivity contribution in [3.63, 3.8) is 0 Å². The molecule has 4 nitrogen and oxygen atoms in total. The van der Waals surface area contributed by atoms with Gasteiger partial charge in [-0.15, -0.1) is 0 Å². The minimum absolute atomic E-state index is 0.806. The van der Waals surface area contributed by atoms with Crippen molar-refractivity contribution in [2.45, 2.75) is 26.3 Å². The van der Waals surface area contributed by atoms with Crippen molar-refractivity contribution >= 4 is 16.6 Å². The van der Waals surface area contributed by atoms with E-state index in [1.165, 1.54) is 17.3 Å². The lowest BCUT2D eigenvalue weighted by atomic mass is 10.2. The zero-order valence-corrected chi connectivity index (χ0v) is 11.1. The number of benzene rings is 1. The quantitative estimate of drug-likeness (QED) is 0.727. The average Bonchev–Trinajstić information content (AvgIpc) is 3.03. The second kappa shape index (κ2) is 4.80. The van der Waals surface area contributed by atoms with Crippen LogP contribution in [0.3, 0.4) is 0 Å². The van der Waals surface area contributed by atoms with Crippen LogP contribution in [-0.2, 0) is 6.54 Å². The number of imidazole rings is 1. The Hall–Kier alpha value is -2.23. The Morgan fingerprint density at radius 2 is 2.16 bits per heavy atom. The molecule has 0 atom stereocenters. The van der Waals surface area contributed by atoms with E-state index in [4.69, 9.17) is 5.73 Å². The van der Waals surface area contributed by atoms with Crippen LogP contribution in [-0.4, -0.2) is 14.1 Å². The Kier molecular flexibility index (Phi) is 2.99. The largest absolute Gasteiger partial charge is 0.399 e. The maximum atomic E-state index is 5.92. The molecule has 4 heteroatoms. The van der Waals surface area contributed by atoms with E-state index in [-0.39, 0.29) is 0 Å². The van der Waals surface area contributed by atoms with Gasteiger partial charge >= 0.3 is 0 Å². The van der Waals surface area contributed by atoms with Crippen molar-refractivity contribution in [2.24, 2.45) is 0 Å². The smallest absolute Gasteiger partial charge is 0.119 e. The molecule has 0 amide bonds. The summed E-state index contributed by atoms with van der Waals surface area (Å²) < 4.78 is 4.36. The van der Waals surface area contributed by atoms with E-state index in [9.17, 15) is 0 Å². The van der Waals surface area contributed by atoms with Gasteiger partial charge in [-0.3, -0.25) is 4.57 Å². The predicted octanol–water partition coefficient (Wildman–Crippen LogP) is 3.21. The van der Waals surface area contributed by atoms with Crippen LogP contribution in [0.4, 0.5) is 5.69 Å². The van der Waals surface area contributed by atoms with Crippen molar-refractivity contribution in [3.8, 4) is 5.82 Å². The molecule has 0 aliphatic carbocycles. The zero-order valence-electron chi connectivity index (χ0n) is 11.1. The van der Waals surface area contributed by atoms with E-state index in [0.717, 1.165) is 24.5 Å². The highest BCUT2D eigenvalue weighted by Crippen LogP contribution is 2.25. The first-order valence-electron chi connectivity index (χ1n) is 6.66. The molecule has 19 heavy (non-hydrogen) atoms. The van der Waals surface area contributed by atoms with Crippen molar-refractivity contribution in [2.75, 3.05) is 5.73 Å². The van der Waals surface area contributed by atoms with Gasteiger partial charge in [0.1, 0.15) is 12.1 Å². The Balaban J connectivity index is 2.19. The lowest BCUT2D eigenvalue weighted by Crippen LogP contribution is -2.04. The summed E-state index contributed by atoms with van der Waals surface area (Å²) in [6.45, 7) is 3.20. The van der Waals surface area contributed by atoms with E-state index in [1.54, 1.807) is 6.20 Å². The molecule has 0 aliphatic heterocycles. The van der Waals surface area contributed by atoms with Crippen LogP contribution in [0, 0.1) is 0 Å². The number of nitrogen functional groups attached to an aromatic ring is 1. The Labute approximate surface area is 112 Å². The van der Waals surface area contributed by atoms with Crippen molar-refractivity contribution < 1.29 is 0 Å². The van der Waals surface area contributed by atoms with Gasteiger partial charge < -0.3 is 10.3 Å². The van der Waals surface area contributed by atoms with E-state index in [1.807, 2.05) is 29.2 Å². The van der Waals surface area contributed by atoms with Crippen LogP contribution in [0.5, 0.6) is 0 Å². The van der Waals surface area contributed by atoms with E-state index < -0.39 is 0 Å². The van der Waals surface area contributed by atoms with E-state index in [0.29, 0.717) is 0 Å². The van der Waals surface area contributed by atoms with Crippen LogP contribution >= 0.6 is 0 Å². The fraction of sp³-hybridized carbons (Fsp3) is 0.267. The number of aromatic nitrogens is 3. The van der Waals surface area contributed by atoms with Crippen LogP contribution in [0.1, 0.15) is 19.8 Å². The summed E-state index contributed by atoms with van der Waals surface area (Å²) in [6, 6.07) is 8.26. The second-order valence-corrected chi connectivity index (χ2v) is 4.80. The monoisotopic (exact) mass is 254 g/mol. The molecule has 0 bridgehead atoms. The molecule has 2 heterocycles. The Morgan fingerprint density at radius 3 is 2.89 bits per heavy atom. The molecular weight excluding hydrogens is 236 g/mol. The van der Waals surface area contributed by atoms with Gasteiger partial charge in [0.15, 0.2) is 0 Å². The summed E-state index contributed by atoms with van der Waals surface area (Å²) in [4.78, 5) is 4.13. The number of anilines is 1. The normalized spacial score (nSPS) is 11.2. The molecule has 0 saturated heterocycles. The van der Waals surface area contributed by atoms with Crippen molar-refractivity contribution in [3.05, 3.63) is 43.0 Å². The van der Waals surface area contributed by atoms with Crippen LogP contribution in [0.25, 0.3) is 16.7 Å². The maximum Gasteiger partial charge on any atom is 0.119 e. The fourth-order valence-electron chi connectivity index (χ4n) is 2.42. The average molecular weight is 254 g/mol. The number of nitrogens with zero attached hydrogens (tertiary/aromatic N) is 3. The summed E-state index contributed by atoms with van der Waals surface area (Å²) in [7, 11) is 0. The third-order valence-electron chi connectivity index (χ3n) is 3.41. The molecule has 0 saturated carbocycles. The van der Waals surface area contributed by atoms with Gasteiger partial charge in [-0.05, 0) is 24.6 Å². The third-order valence-corrected chi connectivity index (χ3v) is 3.41.